The van der Waals surface area contributed by atoms with Crippen LogP contribution in [0.2, 0.25) is 5.02 Å². The molecule has 2 aromatic carbocycles. The summed E-state index contributed by atoms with van der Waals surface area (Å²) in [6.07, 6.45) is 1.24. The summed E-state index contributed by atoms with van der Waals surface area (Å²) in [7, 11) is -2.44. The highest BCUT2D eigenvalue weighted by molar-refractivity contribution is 7.90. The van der Waals surface area contributed by atoms with Gasteiger partial charge in [-0.25, -0.2) is 13.2 Å². The van der Waals surface area contributed by atoms with Crippen LogP contribution in [0.1, 0.15) is 26.5 Å². The number of ether oxygens (including phenoxy) is 1. The summed E-state index contributed by atoms with van der Waals surface area (Å²) >= 11 is 5.96. The highest BCUT2D eigenvalue weighted by Gasteiger charge is 2.23. The first-order valence-electron chi connectivity index (χ1n) is 8.35. The van der Waals surface area contributed by atoms with Crippen LogP contribution in [0.3, 0.4) is 0 Å². The van der Waals surface area contributed by atoms with E-state index in [2.05, 4.69) is 10.1 Å². The second-order valence-corrected chi connectivity index (χ2v) is 8.38. The van der Waals surface area contributed by atoms with E-state index in [1.807, 2.05) is 0 Å². The lowest BCUT2D eigenvalue weighted by Gasteiger charge is -2.08. The average Bonchev–Trinajstić information content (AvgIpc) is 3.17. The minimum Gasteiger partial charge on any atom is -0.465 e. The van der Waals surface area contributed by atoms with Crippen LogP contribution in [-0.4, -0.2) is 27.4 Å². The number of halogens is 1. The Bertz CT molecular complexity index is 1150. The Balaban J connectivity index is 1.82. The molecular weight excluding hydrogens is 418 g/mol. The molecule has 0 saturated carbocycles. The molecule has 0 spiro atoms. The van der Waals surface area contributed by atoms with Gasteiger partial charge in [0.05, 0.1) is 34.6 Å². The van der Waals surface area contributed by atoms with Crippen molar-refractivity contribution in [2.75, 3.05) is 12.4 Å². The summed E-state index contributed by atoms with van der Waals surface area (Å²) in [5, 5.41) is 2.73. The fourth-order valence-corrected chi connectivity index (χ4v) is 4.19. The zero-order valence-electron chi connectivity index (χ0n) is 15.2. The molecular formula is C20H16ClNO6S. The molecule has 0 saturated heterocycles. The molecule has 9 heteroatoms. The van der Waals surface area contributed by atoms with Gasteiger partial charge in [-0.3, -0.25) is 4.79 Å². The lowest BCUT2D eigenvalue weighted by Crippen LogP contribution is -2.15. The van der Waals surface area contributed by atoms with Crippen molar-refractivity contribution in [3.8, 4) is 0 Å². The van der Waals surface area contributed by atoms with Crippen molar-refractivity contribution in [2.24, 2.45) is 0 Å². The van der Waals surface area contributed by atoms with Crippen LogP contribution in [0.15, 0.2) is 70.2 Å². The third-order valence-corrected chi connectivity index (χ3v) is 6.04. The summed E-state index contributed by atoms with van der Waals surface area (Å²) < 4.78 is 35.0. The standard InChI is InChI=1S/C20H16ClNO6S/c1-27-20(24)16-11-14(7-8-17(16)21)22-19(23)18-13(9-10-28-18)12-29(25,26)15-5-3-2-4-6-15/h2-11H,12H2,1H3,(H,22,23). The number of methoxy groups -OCH3 is 1. The van der Waals surface area contributed by atoms with Gasteiger partial charge in [-0.05, 0) is 36.4 Å². The number of sulfone groups is 1. The van der Waals surface area contributed by atoms with E-state index >= 15 is 0 Å². The third kappa shape index (κ3) is 4.67. The van der Waals surface area contributed by atoms with Gasteiger partial charge >= 0.3 is 5.97 Å². The number of nitrogens with one attached hydrogen (secondary N) is 1. The van der Waals surface area contributed by atoms with Crippen LogP contribution >= 0.6 is 11.6 Å². The number of carbonyl (C=O) groups is 2. The SMILES string of the molecule is COC(=O)c1cc(NC(=O)c2occc2CS(=O)(=O)c2ccccc2)ccc1Cl. The number of furan rings is 1. The van der Waals surface area contributed by atoms with E-state index < -0.39 is 27.5 Å². The second kappa shape index (κ2) is 8.50. The van der Waals surface area contributed by atoms with E-state index in [1.165, 1.54) is 49.8 Å². The molecule has 3 rings (SSSR count). The van der Waals surface area contributed by atoms with Gasteiger partial charge in [-0.1, -0.05) is 29.8 Å². The number of anilines is 1. The molecule has 0 fully saturated rings. The van der Waals surface area contributed by atoms with Crippen molar-refractivity contribution < 1.29 is 27.2 Å². The molecule has 7 nitrogen and oxygen atoms in total. The minimum atomic E-state index is -3.66. The first-order chi connectivity index (χ1) is 13.8. The van der Waals surface area contributed by atoms with Crippen LogP contribution in [0, 0.1) is 0 Å². The lowest BCUT2D eigenvalue weighted by atomic mass is 10.2. The fraction of sp³-hybridized carbons (Fsp3) is 0.100. The first-order valence-corrected chi connectivity index (χ1v) is 10.4. The van der Waals surface area contributed by atoms with Gasteiger partial charge < -0.3 is 14.5 Å². The summed E-state index contributed by atoms with van der Waals surface area (Å²) in [4.78, 5) is 24.5. The number of carbonyl (C=O) groups excluding carboxylic acids is 2. The number of hydrogen-bond donors (Lipinski definition) is 1. The molecule has 1 N–H and O–H groups in total. The van der Waals surface area contributed by atoms with Gasteiger partial charge in [-0.2, -0.15) is 0 Å². The predicted molar refractivity (Wildman–Crippen MR) is 107 cm³/mol. The Kier molecular flexibility index (Phi) is 6.05. The third-order valence-electron chi connectivity index (χ3n) is 4.03. The normalized spacial score (nSPS) is 11.1. The van der Waals surface area contributed by atoms with E-state index in [4.69, 9.17) is 16.0 Å². The summed E-state index contributed by atoms with van der Waals surface area (Å²) in [5.41, 5.74) is 0.569. The molecule has 3 aromatic rings. The summed E-state index contributed by atoms with van der Waals surface area (Å²) in [5.74, 6) is -1.85. The topological polar surface area (TPSA) is 103 Å². The van der Waals surface area contributed by atoms with E-state index in [0.717, 1.165) is 0 Å². The molecule has 0 aliphatic heterocycles. The predicted octanol–water partition coefficient (Wildman–Crippen LogP) is 3.95. The van der Waals surface area contributed by atoms with Crippen molar-refractivity contribution in [3.05, 3.63) is 82.8 Å². The quantitative estimate of drug-likeness (QED) is 0.590. The number of esters is 1. The number of benzene rings is 2. The summed E-state index contributed by atoms with van der Waals surface area (Å²) in [6.45, 7) is 0. The number of hydrogen-bond acceptors (Lipinski definition) is 6. The molecule has 29 heavy (non-hydrogen) atoms. The summed E-state index contributed by atoms with van der Waals surface area (Å²) in [6, 6.07) is 13.6. The largest absolute Gasteiger partial charge is 0.465 e. The molecule has 0 bridgehead atoms. The molecule has 150 valence electrons. The molecule has 1 aromatic heterocycles. The Hall–Kier alpha value is -3.10. The highest BCUT2D eigenvalue weighted by atomic mass is 35.5. The van der Waals surface area contributed by atoms with Gasteiger partial charge in [-0.15, -0.1) is 0 Å². The maximum Gasteiger partial charge on any atom is 0.339 e. The van der Waals surface area contributed by atoms with Crippen molar-refractivity contribution in [1.29, 1.82) is 0 Å². The van der Waals surface area contributed by atoms with Crippen molar-refractivity contribution >= 4 is 39.0 Å². The average molecular weight is 434 g/mol. The Morgan fingerprint density at radius 3 is 2.52 bits per heavy atom. The minimum absolute atomic E-state index is 0.0818. The Labute approximate surface area is 172 Å². The van der Waals surface area contributed by atoms with Crippen LogP contribution in [0.25, 0.3) is 0 Å². The molecule has 1 heterocycles. The maximum atomic E-state index is 12.6. The van der Waals surface area contributed by atoms with Gasteiger partial charge in [0.15, 0.2) is 15.6 Å². The van der Waals surface area contributed by atoms with Gasteiger partial charge in [0, 0.05) is 11.3 Å². The molecule has 1 amide bonds. The van der Waals surface area contributed by atoms with Crippen LogP contribution in [0.5, 0.6) is 0 Å². The molecule has 0 atom stereocenters. The molecule has 0 radical (unpaired) electrons. The number of amides is 1. The van der Waals surface area contributed by atoms with Crippen molar-refractivity contribution in [2.45, 2.75) is 10.6 Å². The van der Waals surface area contributed by atoms with E-state index in [9.17, 15) is 18.0 Å². The molecule has 0 aliphatic carbocycles. The second-order valence-electron chi connectivity index (χ2n) is 5.99. The van der Waals surface area contributed by atoms with Crippen LogP contribution < -0.4 is 5.32 Å². The van der Waals surface area contributed by atoms with E-state index in [1.54, 1.807) is 18.2 Å². The zero-order chi connectivity index (χ0) is 21.0. The molecule has 0 aliphatic rings. The van der Waals surface area contributed by atoms with Crippen molar-refractivity contribution in [3.63, 3.8) is 0 Å². The first kappa shape index (κ1) is 20.6. The van der Waals surface area contributed by atoms with Crippen LogP contribution in [0.4, 0.5) is 5.69 Å². The van der Waals surface area contributed by atoms with Gasteiger partial charge in [0.25, 0.3) is 5.91 Å². The number of rotatable bonds is 6. The smallest absolute Gasteiger partial charge is 0.339 e. The molecule has 0 unspecified atom stereocenters. The van der Waals surface area contributed by atoms with Gasteiger partial charge in [0.1, 0.15) is 0 Å². The fourth-order valence-electron chi connectivity index (χ4n) is 2.62. The zero-order valence-corrected chi connectivity index (χ0v) is 16.8. The Morgan fingerprint density at radius 2 is 1.83 bits per heavy atom. The van der Waals surface area contributed by atoms with Gasteiger partial charge in [0.2, 0.25) is 0 Å². The maximum absolute atomic E-state index is 12.6. The highest BCUT2D eigenvalue weighted by Crippen LogP contribution is 2.24. The van der Waals surface area contributed by atoms with Crippen molar-refractivity contribution in [1.82, 2.24) is 0 Å². The monoisotopic (exact) mass is 433 g/mol. The van der Waals surface area contributed by atoms with E-state index in [0.29, 0.717) is 0 Å². The Morgan fingerprint density at radius 1 is 1.10 bits per heavy atom. The van der Waals surface area contributed by atoms with E-state index in [-0.39, 0.29) is 32.5 Å². The van der Waals surface area contributed by atoms with Crippen LogP contribution in [-0.2, 0) is 20.3 Å². The lowest BCUT2D eigenvalue weighted by molar-refractivity contribution is 0.0600.